The van der Waals surface area contributed by atoms with Crippen molar-refractivity contribution < 1.29 is 67.3 Å². The fraction of sp³-hybridized carbons (Fsp3) is 0.493. The summed E-state index contributed by atoms with van der Waals surface area (Å²) >= 11 is 0. The summed E-state index contributed by atoms with van der Waals surface area (Å²) in [6.07, 6.45) is 7.86. The molecule has 9 N–H and O–H groups in total. The first-order valence-electron chi connectivity index (χ1n) is 33.4. The van der Waals surface area contributed by atoms with Gasteiger partial charge in [-0.25, -0.2) is 4.79 Å². The van der Waals surface area contributed by atoms with E-state index in [1.165, 1.54) is 4.90 Å². The molecular formula is C69H90N14O14. The van der Waals surface area contributed by atoms with Crippen LogP contribution in [0.5, 0.6) is 35.0 Å². The maximum Gasteiger partial charge on any atom is 0.410 e. The smallest absolute Gasteiger partial charge is 0.410 e. The maximum atomic E-state index is 13.7. The van der Waals surface area contributed by atoms with Gasteiger partial charge in [0.15, 0.2) is 0 Å². The normalized spacial score (nSPS) is 16.6. The van der Waals surface area contributed by atoms with Crippen LogP contribution in [0, 0.1) is 10.8 Å². The molecule has 6 aliphatic rings. The monoisotopic (exact) mass is 1340 g/mol. The molecule has 12 bridgehead atoms. The van der Waals surface area contributed by atoms with Crippen molar-refractivity contribution in [3.8, 4) is 35.0 Å². The first kappa shape index (κ1) is 71.3. The summed E-state index contributed by atoms with van der Waals surface area (Å²) < 4.78 is 40.8. The van der Waals surface area contributed by atoms with Crippen molar-refractivity contribution in [2.45, 2.75) is 130 Å². The number of hydrogen-bond donors (Lipinski definition) is 9. The van der Waals surface area contributed by atoms with Gasteiger partial charge in [0.1, 0.15) is 28.6 Å². The highest BCUT2D eigenvalue weighted by Crippen LogP contribution is 2.35. The van der Waals surface area contributed by atoms with Crippen molar-refractivity contribution in [2.24, 2.45) is 10.8 Å². The minimum atomic E-state index is -1.24. The van der Waals surface area contributed by atoms with E-state index in [0.29, 0.717) is 119 Å². The summed E-state index contributed by atoms with van der Waals surface area (Å²) in [6.45, 7) is 14.2. The van der Waals surface area contributed by atoms with Crippen LogP contribution in [0.2, 0.25) is 0 Å². The van der Waals surface area contributed by atoms with E-state index < -0.39 is 46.3 Å². The molecular weight excluding hydrogens is 1250 g/mol. The molecule has 0 saturated carbocycles. The molecule has 0 aliphatic carbocycles. The number of hydrogen-bond acceptors (Lipinski definition) is 23. The minimum absolute atomic E-state index is 0.0362. The van der Waals surface area contributed by atoms with E-state index in [2.05, 4.69) is 67.1 Å². The summed E-state index contributed by atoms with van der Waals surface area (Å²) in [6, 6.07) is 26.2. The maximum absolute atomic E-state index is 13.7. The highest BCUT2D eigenvalue weighted by atomic mass is 16.6. The van der Waals surface area contributed by atoms with E-state index in [1.807, 2.05) is 62.4 Å². The molecule has 3 amide bonds. The summed E-state index contributed by atoms with van der Waals surface area (Å²) in [5.41, 5.74) is 0.864. The molecule has 0 radical (unpaired) electrons. The number of carboxylic acid groups (broad SMARTS) is 2. The van der Waals surface area contributed by atoms with Crippen LogP contribution in [0.25, 0.3) is 0 Å². The van der Waals surface area contributed by atoms with Crippen LogP contribution in [0.1, 0.15) is 144 Å². The van der Waals surface area contributed by atoms with E-state index in [4.69, 9.17) is 33.2 Å². The predicted octanol–water partition coefficient (Wildman–Crippen LogP) is 9.93. The fourth-order valence-corrected chi connectivity index (χ4v) is 11.0. The number of piperidine rings is 2. The number of fused-ring (bicyclic) bond motifs is 20. The average Bonchev–Trinajstić information content (AvgIpc) is 0.850. The van der Waals surface area contributed by atoms with Crippen molar-refractivity contribution in [1.29, 1.82) is 0 Å². The Kier molecular flexibility index (Phi) is 25.4. The Hall–Kier alpha value is -9.99. The van der Waals surface area contributed by atoms with Gasteiger partial charge in [-0.15, -0.1) is 0 Å². The number of carbonyl (C=O) groups is 5. The van der Waals surface area contributed by atoms with Gasteiger partial charge in [0.05, 0.1) is 61.6 Å². The van der Waals surface area contributed by atoms with Gasteiger partial charge in [-0.2, -0.15) is 29.9 Å². The molecule has 4 aromatic carbocycles. The number of anilines is 6. The number of carbonyl (C=O) groups excluding carboxylic acids is 3. The highest BCUT2D eigenvalue weighted by molar-refractivity contribution is 5.98. The Morgan fingerprint density at radius 2 is 0.928 bits per heavy atom. The van der Waals surface area contributed by atoms with E-state index in [-0.39, 0.29) is 68.5 Å². The van der Waals surface area contributed by atoms with Crippen molar-refractivity contribution in [1.82, 2.24) is 50.8 Å². The van der Waals surface area contributed by atoms with Gasteiger partial charge in [-0.1, -0.05) is 24.3 Å². The van der Waals surface area contributed by atoms with Gasteiger partial charge in [0.2, 0.25) is 23.8 Å². The first-order chi connectivity index (χ1) is 46.9. The Morgan fingerprint density at radius 3 is 1.33 bits per heavy atom. The molecule has 0 unspecified atom stereocenters. The second-order valence-electron chi connectivity index (χ2n) is 25.0. The van der Waals surface area contributed by atoms with Gasteiger partial charge >= 0.3 is 30.1 Å². The second-order valence-corrected chi connectivity index (χ2v) is 25.0. The zero-order valence-corrected chi connectivity index (χ0v) is 55.9. The molecule has 520 valence electrons. The Morgan fingerprint density at radius 1 is 0.526 bits per heavy atom. The number of benzene rings is 4. The lowest BCUT2D eigenvalue weighted by Gasteiger charge is -2.39. The number of nitrogens with one attached hydrogen (secondary N) is 7. The number of rotatable bonds is 12. The Balaban J connectivity index is 0.000000230. The van der Waals surface area contributed by atoms with Crippen molar-refractivity contribution in [3.63, 3.8) is 0 Å². The molecule has 2 aromatic heterocycles. The number of amides is 3. The minimum Gasteiger partial charge on any atom is -0.494 e. The number of aliphatic carboxylic acids is 2. The van der Waals surface area contributed by atoms with E-state index in [9.17, 15) is 34.2 Å². The summed E-state index contributed by atoms with van der Waals surface area (Å²) in [5.74, 6) is 0.627. The third kappa shape index (κ3) is 21.3. The quantitative estimate of drug-likeness (QED) is 0.0550. The van der Waals surface area contributed by atoms with E-state index in [1.54, 1.807) is 57.2 Å². The standard InChI is InChI=1S/C37H49N7O8.C32H41N7O6/c1-5-49-34-42-32-38-23-25-10-13-27(14-11-25)50-20-8-6-7-9-21-51-29-22-26(40-33(41-32)43-34)12-15-28(29)30(45)39-24-37(31(46)47)16-18-44(19-17-37)35(48)52-36(2,3)4;1-2-43-31-38-29-34-20-22-7-10-24(11-8-22)44-17-5-3-4-6-18-45-26-19-23(36-30(37-29)39-31)9-12-25(26)27(40)35-21-32(28(41)42)13-15-33-16-14-32/h10-15,22H,5-9,16-21,23-24H2,1-4H3,(H,39,45)(H,46,47)(H2,38,40,41,42,43);7-12,19,33H,2-6,13-18,20-21H2,1H3,(H,35,40)(H,41,42)(H2,34,36,37,38,39). The molecule has 6 aliphatic heterocycles. The lowest BCUT2D eigenvalue weighted by molar-refractivity contribution is -0.152. The van der Waals surface area contributed by atoms with Crippen molar-refractivity contribution in [3.05, 3.63) is 107 Å². The molecule has 2 saturated heterocycles. The molecule has 6 aromatic rings. The third-order valence-electron chi connectivity index (χ3n) is 16.6. The largest absolute Gasteiger partial charge is 0.494 e. The fourth-order valence-electron chi connectivity index (χ4n) is 11.0. The number of aromatic nitrogens is 6. The van der Waals surface area contributed by atoms with Crippen LogP contribution >= 0.6 is 0 Å². The molecule has 28 nitrogen and oxygen atoms in total. The average molecular weight is 1340 g/mol. The molecule has 28 heteroatoms. The molecule has 2 fully saturated rings. The summed E-state index contributed by atoms with van der Waals surface area (Å²) in [7, 11) is 0. The number of nitrogens with zero attached hydrogens (tertiary/aromatic N) is 7. The van der Waals surface area contributed by atoms with Gasteiger partial charge in [0, 0.05) is 62.8 Å². The topological polar surface area (TPSA) is 355 Å². The van der Waals surface area contributed by atoms with Gasteiger partial charge < -0.3 is 85.5 Å². The molecule has 0 atom stereocenters. The number of carboxylic acids is 2. The highest BCUT2D eigenvalue weighted by Gasteiger charge is 2.44. The van der Waals surface area contributed by atoms with E-state index in [0.717, 1.165) is 74.0 Å². The molecule has 97 heavy (non-hydrogen) atoms. The van der Waals surface area contributed by atoms with Crippen LogP contribution < -0.4 is 65.6 Å². The van der Waals surface area contributed by atoms with Crippen LogP contribution in [-0.2, 0) is 27.4 Å². The SMILES string of the molecule is CCOc1nc2nc(n1)Nc1ccc(C(=O)NCC3(C(=O)O)CCN(C(=O)OC(C)(C)C)CC3)c(c1)OCCCCCCOc1ccc(cc1)CN2.CCOc1nc2nc(n1)Nc1ccc(C(=O)NCC3(C(=O)O)CCNCC3)c(c1)OCCCCCCOc1ccc(cc1)CN2. The molecule has 12 rings (SSSR count). The van der Waals surface area contributed by atoms with E-state index >= 15 is 0 Å². The zero-order valence-electron chi connectivity index (χ0n) is 55.9. The Labute approximate surface area is 564 Å². The second kappa shape index (κ2) is 34.6. The lowest BCUT2D eigenvalue weighted by atomic mass is 9.78. The molecule has 0 spiro atoms. The van der Waals surface area contributed by atoms with Crippen LogP contribution in [0.15, 0.2) is 84.9 Å². The van der Waals surface area contributed by atoms with Gasteiger partial charge in [0.25, 0.3) is 11.8 Å². The lowest BCUT2D eigenvalue weighted by Crippen LogP contribution is -2.52. The van der Waals surface area contributed by atoms with Crippen LogP contribution in [0.3, 0.4) is 0 Å². The summed E-state index contributed by atoms with van der Waals surface area (Å²) in [5, 5.41) is 41.9. The number of ether oxygens (including phenoxy) is 7. The molecule has 8 heterocycles. The first-order valence-corrected chi connectivity index (χ1v) is 33.4. The van der Waals surface area contributed by atoms with Crippen LogP contribution in [-0.4, -0.2) is 159 Å². The van der Waals surface area contributed by atoms with Crippen molar-refractivity contribution >= 4 is 65.0 Å². The van der Waals surface area contributed by atoms with Gasteiger partial charge in [-0.05, 0) is 184 Å². The van der Waals surface area contributed by atoms with Crippen LogP contribution in [0.4, 0.5) is 40.0 Å². The predicted molar refractivity (Wildman–Crippen MR) is 362 cm³/mol. The number of likely N-dealkylation sites (tertiary alicyclic amines) is 1. The van der Waals surface area contributed by atoms with Crippen molar-refractivity contribution in [2.75, 3.05) is 100 Å². The zero-order chi connectivity index (χ0) is 68.6. The van der Waals surface area contributed by atoms with Gasteiger partial charge in [-0.3, -0.25) is 19.2 Å². The summed E-state index contributed by atoms with van der Waals surface area (Å²) in [4.78, 5) is 92.4. The Bertz CT molecular complexity index is 3600. The third-order valence-corrected chi connectivity index (χ3v) is 16.6.